The van der Waals surface area contributed by atoms with Gasteiger partial charge in [0.2, 0.25) is 7.57 Å². The number of aliphatic hydroxyl groups excluding tert-OH is 2. The lowest BCUT2D eigenvalue weighted by atomic mass is 9.87. The summed E-state index contributed by atoms with van der Waals surface area (Å²) in [5.74, 6) is 0. The van der Waals surface area contributed by atoms with Gasteiger partial charge in [-0.1, -0.05) is 20.8 Å². The smallest absolute Gasteiger partial charge is 0.359 e. The third-order valence-electron chi connectivity index (χ3n) is 7.45. The Labute approximate surface area is 194 Å². The second-order valence-corrected chi connectivity index (χ2v) is 15.1. The Balaban J connectivity index is 3.14. The van der Waals surface area contributed by atoms with Crippen molar-refractivity contribution in [1.82, 2.24) is 0 Å². The van der Waals surface area contributed by atoms with Crippen molar-refractivity contribution >= 4 is 30.3 Å². The van der Waals surface area contributed by atoms with E-state index in [1.165, 1.54) is 21.4 Å². The molecular formula is C19H42B2O9P2. The van der Waals surface area contributed by atoms with Gasteiger partial charge in [-0.2, -0.15) is 0 Å². The van der Waals surface area contributed by atoms with E-state index < -0.39 is 61.4 Å². The largest absolute Gasteiger partial charge is 0.388 e. The molecular weight excluding hydrogens is 456 g/mol. The van der Waals surface area contributed by atoms with Crippen molar-refractivity contribution in [1.29, 1.82) is 0 Å². The van der Waals surface area contributed by atoms with Gasteiger partial charge in [-0.3, -0.25) is 4.57 Å². The lowest BCUT2D eigenvalue weighted by molar-refractivity contribution is -0.0424. The van der Waals surface area contributed by atoms with Gasteiger partial charge in [-0.05, 0) is 47.0 Å². The van der Waals surface area contributed by atoms with Crippen LogP contribution in [-0.4, -0.2) is 82.1 Å². The van der Waals surface area contributed by atoms with Gasteiger partial charge in [0.15, 0.2) is 12.6 Å². The van der Waals surface area contributed by atoms with Crippen LogP contribution in [0, 0.1) is 0 Å². The minimum Gasteiger partial charge on any atom is -0.388 e. The highest BCUT2D eigenvalue weighted by Gasteiger charge is 2.52. The molecule has 0 aromatic carbocycles. The SMILES string of the molecule is B[C@@H]1O[C@H](CC(CC)(CC)OP(B)(=O)C(C)(C)C(C)OP(=O)(O)[C@@](C)(O)CC)[C@@H](O)[C@H]1O. The molecule has 9 nitrogen and oxygen atoms in total. The van der Waals surface area contributed by atoms with Crippen LogP contribution in [-0.2, 0) is 22.9 Å². The maximum absolute atomic E-state index is 13.9. The zero-order valence-electron chi connectivity index (χ0n) is 20.9. The van der Waals surface area contributed by atoms with Crippen molar-refractivity contribution in [3.05, 3.63) is 0 Å². The molecule has 1 heterocycles. The highest BCUT2D eigenvalue weighted by atomic mass is 31.2. The summed E-state index contributed by atoms with van der Waals surface area (Å²) in [5.41, 5.74) is -0.908. The van der Waals surface area contributed by atoms with Crippen LogP contribution in [0.1, 0.15) is 74.1 Å². The molecule has 4 N–H and O–H groups in total. The molecule has 0 aromatic heterocycles. The predicted molar refractivity (Wildman–Crippen MR) is 130 cm³/mol. The van der Waals surface area contributed by atoms with Gasteiger partial charge >= 0.3 is 7.60 Å². The highest BCUT2D eigenvalue weighted by molar-refractivity contribution is 7.84. The second-order valence-electron chi connectivity index (χ2n) is 9.88. The van der Waals surface area contributed by atoms with E-state index in [-0.39, 0.29) is 12.8 Å². The van der Waals surface area contributed by atoms with Crippen molar-refractivity contribution in [3.63, 3.8) is 0 Å². The molecule has 188 valence electrons. The van der Waals surface area contributed by atoms with Gasteiger partial charge in [-0.15, -0.1) is 0 Å². The highest BCUT2D eigenvalue weighted by Crippen LogP contribution is 2.64. The lowest BCUT2D eigenvalue weighted by Gasteiger charge is -2.45. The fraction of sp³-hybridized carbons (Fsp3) is 1.00. The van der Waals surface area contributed by atoms with E-state index in [1.807, 2.05) is 13.8 Å². The quantitative estimate of drug-likeness (QED) is 0.232. The van der Waals surface area contributed by atoms with E-state index in [0.717, 1.165) is 0 Å². The number of hydrogen-bond acceptors (Lipinski definition) is 8. The molecule has 3 unspecified atom stereocenters. The second kappa shape index (κ2) is 10.5. The van der Waals surface area contributed by atoms with Gasteiger partial charge in [0.25, 0.3) is 0 Å². The first-order valence-electron chi connectivity index (χ1n) is 11.4. The summed E-state index contributed by atoms with van der Waals surface area (Å²) in [6.07, 6.45) is -2.53. The van der Waals surface area contributed by atoms with Crippen LogP contribution in [0.15, 0.2) is 0 Å². The first-order chi connectivity index (χ1) is 14.3. The van der Waals surface area contributed by atoms with E-state index in [9.17, 15) is 29.3 Å². The summed E-state index contributed by atoms with van der Waals surface area (Å²) < 4.78 is 44.0. The van der Waals surface area contributed by atoms with Crippen LogP contribution in [0.2, 0.25) is 0 Å². The van der Waals surface area contributed by atoms with Crippen molar-refractivity contribution in [2.45, 2.75) is 121 Å². The molecule has 32 heavy (non-hydrogen) atoms. The molecule has 0 aliphatic carbocycles. The van der Waals surface area contributed by atoms with Crippen molar-refractivity contribution in [3.8, 4) is 0 Å². The van der Waals surface area contributed by atoms with Crippen LogP contribution in [0.5, 0.6) is 0 Å². The standard InChI is InChI=1S/C19H42B2O9P2/c1-8-18(7,24)32(26,27)29-12(4)17(5,6)31(21,25)30-19(9-2,10-3)11-13-14(22)15(23)16(20)28-13/h12-16,22-24H,8-11,20-21H2,1-7H3,(H,26,27)/t12?,13-,14-,15-,16-,18-,31?/m1/s1. The normalized spacial score (nSPS) is 31.5. The van der Waals surface area contributed by atoms with Gasteiger partial charge < -0.3 is 38.6 Å². The third-order valence-corrected chi connectivity index (χ3v) is 12.8. The maximum atomic E-state index is 13.9. The molecule has 0 amide bonds. The van der Waals surface area contributed by atoms with E-state index in [2.05, 4.69) is 0 Å². The minimum absolute atomic E-state index is 0.0109. The Bertz CT molecular complexity index is 730. The Morgan fingerprint density at radius 3 is 1.94 bits per heavy atom. The zero-order chi connectivity index (χ0) is 25.3. The summed E-state index contributed by atoms with van der Waals surface area (Å²) >= 11 is 0. The summed E-state index contributed by atoms with van der Waals surface area (Å²) in [6.45, 7) is 11.4. The summed E-state index contributed by atoms with van der Waals surface area (Å²) in [7, 11) is -4.78. The molecule has 1 rings (SSSR count). The van der Waals surface area contributed by atoms with Crippen LogP contribution < -0.4 is 0 Å². The predicted octanol–water partition coefficient (Wildman–Crippen LogP) is 1.35. The molecule has 1 fully saturated rings. The molecule has 0 aromatic rings. The summed E-state index contributed by atoms with van der Waals surface area (Å²) in [4.78, 5) is 10.3. The van der Waals surface area contributed by atoms with Crippen molar-refractivity contribution < 1.29 is 43.1 Å². The first kappa shape index (κ1) is 30.3. The Hall–Kier alpha value is 0.310. The van der Waals surface area contributed by atoms with Gasteiger partial charge in [0.1, 0.15) is 20.1 Å². The van der Waals surface area contributed by atoms with Crippen LogP contribution >= 0.6 is 14.8 Å². The van der Waals surface area contributed by atoms with E-state index in [0.29, 0.717) is 12.8 Å². The maximum Gasteiger partial charge on any atom is 0.359 e. The average molecular weight is 498 g/mol. The summed E-state index contributed by atoms with van der Waals surface area (Å²) in [6, 6.07) is -0.523. The number of hydrogen-bond donors (Lipinski definition) is 4. The fourth-order valence-electron chi connectivity index (χ4n) is 3.65. The first-order valence-corrected chi connectivity index (χ1v) is 15.0. The van der Waals surface area contributed by atoms with Crippen LogP contribution in [0.3, 0.4) is 0 Å². The molecule has 13 heteroatoms. The summed E-state index contributed by atoms with van der Waals surface area (Å²) in [5, 5.41) is 27.6. The molecule has 0 radical (unpaired) electrons. The average Bonchev–Trinajstić information content (AvgIpc) is 2.92. The topological polar surface area (TPSA) is 143 Å². The van der Waals surface area contributed by atoms with E-state index >= 15 is 0 Å². The number of rotatable bonds is 12. The van der Waals surface area contributed by atoms with Gasteiger partial charge in [-0.25, -0.2) is 0 Å². The lowest BCUT2D eigenvalue weighted by Crippen LogP contribution is -2.44. The van der Waals surface area contributed by atoms with E-state index in [1.54, 1.807) is 28.6 Å². The Morgan fingerprint density at radius 1 is 1.06 bits per heavy atom. The number of aliphatic hydroxyl groups is 3. The number of ether oxygens (including phenoxy) is 1. The molecule has 1 aliphatic heterocycles. The van der Waals surface area contributed by atoms with E-state index in [4.69, 9.17) is 13.8 Å². The van der Waals surface area contributed by atoms with Crippen LogP contribution in [0.4, 0.5) is 0 Å². The fourth-order valence-corrected chi connectivity index (χ4v) is 7.07. The molecule has 0 spiro atoms. The molecule has 1 aliphatic rings. The zero-order valence-corrected chi connectivity index (χ0v) is 22.7. The Kier molecular flexibility index (Phi) is 9.97. The van der Waals surface area contributed by atoms with Gasteiger partial charge in [0.05, 0.1) is 29.0 Å². The van der Waals surface area contributed by atoms with Crippen molar-refractivity contribution in [2.75, 3.05) is 0 Å². The Morgan fingerprint density at radius 2 is 1.56 bits per heavy atom. The monoisotopic (exact) mass is 498 g/mol. The molecule has 1 saturated heterocycles. The van der Waals surface area contributed by atoms with Gasteiger partial charge in [0, 0.05) is 6.42 Å². The molecule has 0 bridgehead atoms. The van der Waals surface area contributed by atoms with Crippen LogP contribution in [0.25, 0.3) is 0 Å². The third kappa shape index (κ3) is 6.10. The minimum atomic E-state index is -4.43. The van der Waals surface area contributed by atoms with Crippen molar-refractivity contribution in [2.24, 2.45) is 0 Å². The molecule has 0 saturated carbocycles. The molecule has 8 atom stereocenters.